The van der Waals surface area contributed by atoms with Crippen molar-refractivity contribution in [2.24, 2.45) is 0 Å². The van der Waals surface area contributed by atoms with Crippen molar-refractivity contribution in [1.82, 2.24) is 4.98 Å². The van der Waals surface area contributed by atoms with E-state index in [1.54, 1.807) is 0 Å². The molecule has 0 aliphatic carbocycles. The second-order valence-corrected chi connectivity index (χ2v) is 13.6. The van der Waals surface area contributed by atoms with Crippen molar-refractivity contribution < 1.29 is 4.42 Å². The van der Waals surface area contributed by atoms with Crippen molar-refractivity contribution in [3.05, 3.63) is 206 Å². The normalized spacial score (nSPS) is 11.3. The smallest absolute Gasteiger partial charge is 0.227 e. The van der Waals surface area contributed by atoms with Crippen LogP contribution in [0, 0.1) is 0 Å². The van der Waals surface area contributed by atoms with Gasteiger partial charge in [0, 0.05) is 28.0 Å². The SMILES string of the molecule is c1ccc(-c2cccc(N(c3ccc(-c4cc5nc(-c6ccc7ccccc7c6)oc5c5ccccc45)cc3)c3cccc(-c4ccccc4)c3)c2)cc1. The minimum Gasteiger partial charge on any atom is -0.435 e. The van der Waals surface area contributed by atoms with Crippen LogP contribution < -0.4 is 4.90 Å². The van der Waals surface area contributed by atoms with E-state index in [-0.39, 0.29) is 0 Å². The lowest BCUT2D eigenvalue weighted by atomic mass is 9.97. The van der Waals surface area contributed by atoms with E-state index >= 15 is 0 Å². The fourth-order valence-electron chi connectivity index (χ4n) is 7.59. The Hall–Kier alpha value is -7.23. The van der Waals surface area contributed by atoms with Crippen LogP contribution in [-0.4, -0.2) is 4.98 Å². The summed E-state index contributed by atoms with van der Waals surface area (Å²) >= 11 is 0. The number of oxazole rings is 1. The Morgan fingerprint density at radius 2 is 0.907 bits per heavy atom. The molecule has 0 radical (unpaired) electrons. The molecule has 1 heterocycles. The molecular weight excluding hydrogens is 657 g/mol. The lowest BCUT2D eigenvalue weighted by Gasteiger charge is -2.27. The molecular formula is C51H34N2O. The van der Waals surface area contributed by atoms with E-state index in [1.807, 2.05) is 0 Å². The van der Waals surface area contributed by atoms with Crippen LogP contribution in [0.2, 0.25) is 0 Å². The summed E-state index contributed by atoms with van der Waals surface area (Å²) in [6.07, 6.45) is 0. The average Bonchev–Trinajstić information content (AvgIpc) is 3.69. The highest BCUT2D eigenvalue weighted by atomic mass is 16.3. The first-order valence-electron chi connectivity index (χ1n) is 18.3. The summed E-state index contributed by atoms with van der Waals surface area (Å²) in [6.45, 7) is 0. The van der Waals surface area contributed by atoms with Crippen LogP contribution in [0.25, 0.3) is 77.5 Å². The zero-order chi connectivity index (χ0) is 35.8. The van der Waals surface area contributed by atoms with Crippen LogP contribution >= 0.6 is 0 Å². The first kappa shape index (κ1) is 31.5. The maximum atomic E-state index is 6.52. The van der Waals surface area contributed by atoms with E-state index in [0.29, 0.717) is 5.89 Å². The molecule has 254 valence electrons. The van der Waals surface area contributed by atoms with Gasteiger partial charge in [-0.25, -0.2) is 4.98 Å². The van der Waals surface area contributed by atoms with E-state index in [1.165, 1.54) is 27.6 Å². The summed E-state index contributed by atoms with van der Waals surface area (Å²) in [5, 5.41) is 4.53. The largest absolute Gasteiger partial charge is 0.435 e. The quantitative estimate of drug-likeness (QED) is 0.167. The molecule has 0 N–H and O–H groups in total. The molecule has 0 spiro atoms. The Labute approximate surface area is 314 Å². The molecule has 3 nitrogen and oxygen atoms in total. The molecule has 0 fully saturated rings. The van der Waals surface area contributed by atoms with Crippen molar-refractivity contribution in [2.45, 2.75) is 0 Å². The van der Waals surface area contributed by atoms with Gasteiger partial charge in [-0.1, -0.05) is 152 Å². The Morgan fingerprint density at radius 3 is 1.57 bits per heavy atom. The molecule has 54 heavy (non-hydrogen) atoms. The summed E-state index contributed by atoms with van der Waals surface area (Å²) in [5.74, 6) is 0.625. The van der Waals surface area contributed by atoms with Gasteiger partial charge in [0.1, 0.15) is 5.52 Å². The number of hydrogen-bond acceptors (Lipinski definition) is 3. The summed E-state index contributed by atoms with van der Waals surface area (Å²) < 4.78 is 6.52. The minimum absolute atomic E-state index is 0.625. The van der Waals surface area contributed by atoms with Gasteiger partial charge in [-0.15, -0.1) is 0 Å². The van der Waals surface area contributed by atoms with Gasteiger partial charge in [0.25, 0.3) is 0 Å². The summed E-state index contributed by atoms with van der Waals surface area (Å²) in [4.78, 5) is 7.39. The number of anilines is 3. The standard InChI is InChI=1S/C51H34N2O/c1-3-13-35(14-4-1)40-19-11-21-44(32-40)53(45-22-12-20-41(33-45)36-15-5-2-6-16-36)43-29-27-38(28-30-43)48-34-49-50(47-24-10-9-23-46(47)48)54-51(52-49)42-26-25-37-17-7-8-18-39(37)31-42/h1-34H. The van der Waals surface area contributed by atoms with Crippen molar-refractivity contribution in [3.8, 4) is 44.8 Å². The van der Waals surface area contributed by atoms with E-state index in [9.17, 15) is 0 Å². The van der Waals surface area contributed by atoms with Crippen molar-refractivity contribution >= 4 is 49.7 Å². The van der Waals surface area contributed by atoms with Gasteiger partial charge in [-0.05, 0) is 104 Å². The fourth-order valence-corrected chi connectivity index (χ4v) is 7.59. The highest BCUT2D eigenvalue weighted by Gasteiger charge is 2.18. The van der Waals surface area contributed by atoms with Gasteiger partial charge in [0.15, 0.2) is 5.58 Å². The molecule has 10 aromatic rings. The first-order chi connectivity index (χ1) is 26.7. The predicted octanol–water partition coefficient (Wildman–Crippen LogP) is 14.3. The predicted molar refractivity (Wildman–Crippen MR) is 225 cm³/mol. The molecule has 9 aromatic carbocycles. The molecule has 0 bridgehead atoms. The number of benzene rings is 9. The van der Waals surface area contributed by atoms with Crippen LogP contribution in [0.1, 0.15) is 0 Å². The molecule has 0 saturated carbocycles. The lowest BCUT2D eigenvalue weighted by molar-refractivity contribution is 0.623. The number of aromatic nitrogens is 1. The third-order valence-electron chi connectivity index (χ3n) is 10.3. The molecule has 10 rings (SSSR count). The Morgan fingerprint density at radius 1 is 0.352 bits per heavy atom. The Bertz CT molecular complexity index is 2850. The Balaban J connectivity index is 1.08. The van der Waals surface area contributed by atoms with Gasteiger partial charge in [0.2, 0.25) is 5.89 Å². The summed E-state index contributed by atoms with van der Waals surface area (Å²) in [7, 11) is 0. The average molecular weight is 691 g/mol. The first-order valence-corrected chi connectivity index (χ1v) is 18.3. The van der Waals surface area contributed by atoms with Crippen molar-refractivity contribution in [3.63, 3.8) is 0 Å². The van der Waals surface area contributed by atoms with Crippen LogP contribution in [-0.2, 0) is 0 Å². The van der Waals surface area contributed by atoms with Gasteiger partial charge >= 0.3 is 0 Å². The maximum absolute atomic E-state index is 6.52. The van der Waals surface area contributed by atoms with Gasteiger partial charge in [0.05, 0.1) is 0 Å². The molecule has 0 saturated heterocycles. The van der Waals surface area contributed by atoms with Crippen LogP contribution in [0.5, 0.6) is 0 Å². The number of rotatable bonds is 7. The highest BCUT2D eigenvalue weighted by molar-refractivity contribution is 6.11. The van der Waals surface area contributed by atoms with Gasteiger partial charge < -0.3 is 9.32 Å². The molecule has 0 unspecified atom stereocenters. The van der Waals surface area contributed by atoms with Gasteiger partial charge in [-0.3, -0.25) is 0 Å². The number of nitrogens with zero attached hydrogens (tertiary/aromatic N) is 2. The second kappa shape index (κ2) is 13.4. The van der Waals surface area contributed by atoms with E-state index < -0.39 is 0 Å². The van der Waals surface area contributed by atoms with Gasteiger partial charge in [-0.2, -0.15) is 0 Å². The number of hydrogen-bond donors (Lipinski definition) is 0. The maximum Gasteiger partial charge on any atom is 0.227 e. The summed E-state index contributed by atoms with van der Waals surface area (Å²) in [5.41, 5.74) is 12.8. The highest BCUT2D eigenvalue weighted by Crippen LogP contribution is 2.41. The Kier molecular flexibility index (Phi) is 7.81. The molecule has 0 aliphatic rings. The lowest BCUT2D eigenvalue weighted by Crippen LogP contribution is -2.10. The summed E-state index contributed by atoms with van der Waals surface area (Å²) in [6, 6.07) is 73.0. The molecule has 0 aliphatic heterocycles. The van der Waals surface area contributed by atoms with Crippen molar-refractivity contribution in [2.75, 3.05) is 4.90 Å². The molecule has 1 aromatic heterocycles. The molecule has 0 atom stereocenters. The second-order valence-electron chi connectivity index (χ2n) is 13.6. The molecule has 0 amide bonds. The fraction of sp³-hybridized carbons (Fsp3) is 0. The third kappa shape index (κ3) is 5.78. The van der Waals surface area contributed by atoms with E-state index in [2.05, 4.69) is 211 Å². The zero-order valence-corrected chi connectivity index (χ0v) is 29.4. The number of fused-ring (bicyclic) bond motifs is 4. The monoisotopic (exact) mass is 690 g/mol. The van der Waals surface area contributed by atoms with E-state index in [4.69, 9.17) is 9.40 Å². The third-order valence-corrected chi connectivity index (χ3v) is 10.3. The van der Waals surface area contributed by atoms with Crippen LogP contribution in [0.15, 0.2) is 211 Å². The molecule has 3 heteroatoms. The van der Waals surface area contributed by atoms with Crippen LogP contribution in [0.3, 0.4) is 0 Å². The topological polar surface area (TPSA) is 29.3 Å². The minimum atomic E-state index is 0.625. The van der Waals surface area contributed by atoms with E-state index in [0.717, 1.165) is 61.0 Å². The zero-order valence-electron chi connectivity index (χ0n) is 29.4. The van der Waals surface area contributed by atoms with Crippen LogP contribution in [0.4, 0.5) is 17.1 Å². The van der Waals surface area contributed by atoms with Crippen molar-refractivity contribution in [1.29, 1.82) is 0 Å².